The summed E-state index contributed by atoms with van der Waals surface area (Å²) in [7, 11) is 1.80. The Morgan fingerprint density at radius 1 is 1.05 bits per heavy atom. The van der Waals surface area contributed by atoms with Crippen LogP contribution in [0.1, 0.15) is 25.7 Å². The van der Waals surface area contributed by atoms with Crippen molar-refractivity contribution in [2.24, 2.45) is 0 Å². The molecule has 1 aromatic rings. The van der Waals surface area contributed by atoms with Crippen molar-refractivity contribution < 1.29 is 9.47 Å². The van der Waals surface area contributed by atoms with Crippen molar-refractivity contribution in [1.82, 2.24) is 5.32 Å². The van der Waals surface area contributed by atoms with Gasteiger partial charge in [0.15, 0.2) is 0 Å². The van der Waals surface area contributed by atoms with Gasteiger partial charge in [-0.2, -0.15) is 0 Å². The molecule has 1 N–H and O–H groups in total. The van der Waals surface area contributed by atoms with Gasteiger partial charge >= 0.3 is 0 Å². The third kappa shape index (κ3) is 3.89. The number of anilines is 1. The molecule has 2 aliphatic rings. The Bertz CT molecular complexity index is 429. The van der Waals surface area contributed by atoms with Crippen molar-refractivity contribution >= 4 is 5.69 Å². The van der Waals surface area contributed by atoms with Gasteiger partial charge in [-0.15, -0.1) is 0 Å². The van der Waals surface area contributed by atoms with Crippen molar-refractivity contribution in [2.75, 3.05) is 38.2 Å². The summed E-state index contributed by atoms with van der Waals surface area (Å²) >= 11 is 0. The molecule has 1 saturated carbocycles. The first-order valence-electron chi connectivity index (χ1n) is 8.10. The number of ether oxygens (including phenoxy) is 2. The van der Waals surface area contributed by atoms with Crippen LogP contribution in [0.2, 0.25) is 0 Å². The quantitative estimate of drug-likeness (QED) is 0.923. The highest BCUT2D eigenvalue weighted by Gasteiger charge is 2.23. The Morgan fingerprint density at radius 3 is 2.48 bits per heavy atom. The summed E-state index contributed by atoms with van der Waals surface area (Å²) in [5, 5.41) is 3.38. The number of piperazine rings is 1. The number of hydrogen-bond acceptors (Lipinski definition) is 4. The largest absolute Gasteiger partial charge is 0.490 e. The predicted octanol–water partition coefficient (Wildman–Crippen LogP) is 2.43. The molecular formula is C17H26N2O2. The Balaban J connectivity index is 1.56. The number of nitrogens with one attached hydrogen (secondary N) is 1. The minimum atomic E-state index is 0.300. The second-order valence-electron chi connectivity index (χ2n) is 6.00. The molecule has 0 amide bonds. The van der Waals surface area contributed by atoms with E-state index in [1.165, 1.54) is 12.1 Å². The second kappa shape index (κ2) is 7.14. The average molecular weight is 290 g/mol. The molecule has 0 radical (unpaired) electrons. The van der Waals surface area contributed by atoms with Crippen LogP contribution in [0, 0.1) is 0 Å². The van der Waals surface area contributed by atoms with Crippen LogP contribution in [0.4, 0.5) is 5.69 Å². The average Bonchev–Trinajstić information content (AvgIpc) is 2.56. The molecule has 116 valence electrons. The SMILES string of the molecule is COC1CCCC(Oc2ccc(N3CCNCC3)cc2)C1. The lowest BCUT2D eigenvalue weighted by Gasteiger charge is -2.30. The van der Waals surface area contributed by atoms with Gasteiger partial charge in [-0.1, -0.05) is 0 Å². The van der Waals surface area contributed by atoms with E-state index in [4.69, 9.17) is 9.47 Å². The minimum absolute atomic E-state index is 0.300. The van der Waals surface area contributed by atoms with Crippen molar-refractivity contribution in [3.63, 3.8) is 0 Å². The first-order valence-corrected chi connectivity index (χ1v) is 8.10. The van der Waals surface area contributed by atoms with Crippen LogP contribution < -0.4 is 15.0 Å². The third-order valence-corrected chi connectivity index (χ3v) is 4.53. The fraction of sp³-hybridized carbons (Fsp3) is 0.647. The molecule has 4 heteroatoms. The van der Waals surface area contributed by atoms with Gasteiger partial charge in [0.05, 0.1) is 6.10 Å². The summed E-state index contributed by atoms with van der Waals surface area (Å²) in [5.41, 5.74) is 1.29. The van der Waals surface area contributed by atoms with E-state index in [-0.39, 0.29) is 0 Å². The summed E-state index contributed by atoms with van der Waals surface area (Å²) in [6.45, 7) is 4.30. The first-order chi connectivity index (χ1) is 10.3. The standard InChI is InChI=1S/C17H26N2O2/c1-20-16-3-2-4-17(13-16)21-15-7-5-14(6-8-15)19-11-9-18-10-12-19/h5-8,16-18H,2-4,9-13H2,1H3. The van der Waals surface area contributed by atoms with Gasteiger partial charge in [0.25, 0.3) is 0 Å². The fourth-order valence-electron chi connectivity index (χ4n) is 3.27. The van der Waals surface area contributed by atoms with E-state index in [0.29, 0.717) is 12.2 Å². The molecule has 1 aliphatic carbocycles. The van der Waals surface area contributed by atoms with E-state index >= 15 is 0 Å². The molecule has 0 bridgehead atoms. The van der Waals surface area contributed by atoms with Crippen LogP contribution in [0.15, 0.2) is 24.3 Å². The maximum Gasteiger partial charge on any atom is 0.119 e. The van der Waals surface area contributed by atoms with Gasteiger partial charge < -0.3 is 19.7 Å². The molecule has 0 spiro atoms. The van der Waals surface area contributed by atoms with Crippen LogP contribution in [0.3, 0.4) is 0 Å². The minimum Gasteiger partial charge on any atom is -0.490 e. The summed E-state index contributed by atoms with van der Waals surface area (Å²) in [6, 6.07) is 8.57. The highest BCUT2D eigenvalue weighted by Crippen LogP contribution is 2.26. The third-order valence-electron chi connectivity index (χ3n) is 4.53. The fourth-order valence-corrected chi connectivity index (χ4v) is 3.27. The van der Waals surface area contributed by atoms with Gasteiger partial charge in [0, 0.05) is 45.4 Å². The number of benzene rings is 1. The Labute approximate surface area is 127 Å². The molecule has 2 unspecified atom stereocenters. The van der Waals surface area contributed by atoms with Gasteiger partial charge in [-0.05, 0) is 43.5 Å². The number of hydrogen-bond donors (Lipinski definition) is 1. The molecule has 2 fully saturated rings. The predicted molar refractivity (Wildman–Crippen MR) is 85.2 cm³/mol. The Morgan fingerprint density at radius 2 is 1.76 bits per heavy atom. The van der Waals surface area contributed by atoms with Crippen LogP contribution >= 0.6 is 0 Å². The molecule has 3 rings (SSSR count). The molecule has 4 nitrogen and oxygen atoms in total. The molecule has 1 aromatic carbocycles. The summed E-state index contributed by atoms with van der Waals surface area (Å²) in [4.78, 5) is 2.42. The smallest absolute Gasteiger partial charge is 0.119 e. The molecule has 1 aliphatic heterocycles. The number of rotatable bonds is 4. The lowest BCUT2D eigenvalue weighted by Crippen LogP contribution is -2.43. The molecule has 21 heavy (non-hydrogen) atoms. The Hall–Kier alpha value is -1.26. The van der Waals surface area contributed by atoms with Gasteiger partial charge in [-0.3, -0.25) is 0 Å². The lowest BCUT2D eigenvalue weighted by atomic mass is 9.95. The summed E-state index contributed by atoms with van der Waals surface area (Å²) in [6.07, 6.45) is 5.17. The van der Waals surface area contributed by atoms with Crippen molar-refractivity contribution in [3.8, 4) is 5.75 Å². The molecule has 1 heterocycles. The van der Waals surface area contributed by atoms with E-state index in [0.717, 1.165) is 51.2 Å². The van der Waals surface area contributed by atoms with Gasteiger partial charge in [0.2, 0.25) is 0 Å². The normalized spacial score (nSPS) is 26.6. The first kappa shape index (κ1) is 14.7. The van der Waals surface area contributed by atoms with E-state index in [1.807, 2.05) is 0 Å². The highest BCUT2D eigenvalue weighted by atomic mass is 16.5. The van der Waals surface area contributed by atoms with Gasteiger partial charge in [-0.25, -0.2) is 0 Å². The maximum absolute atomic E-state index is 6.12. The molecular weight excluding hydrogens is 264 g/mol. The van der Waals surface area contributed by atoms with Crippen LogP contribution in [0.25, 0.3) is 0 Å². The lowest BCUT2D eigenvalue weighted by molar-refractivity contribution is 0.0210. The van der Waals surface area contributed by atoms with Crippen LogP contribution in [-0.2, 0) is 4.74 Å². The maximum atomic E-state index is 6.12. The van der Waals surface area contributed by atoms with Gasteiger partial charge in [0.1, 0.15) is 11.9 Å². The molecule has 1 saturated heterocycles. The zero-order valence-corrected chi connectivity index (χ0v) is 12.9. The monoisotopic (exact) mass is 290 g/mol. The van der Waals surface area contributed by atoms with E-state index in [2.05, 4.69) is 34.5 Å². The topological polar surface area (TPSA) is 33.7 Å². The highest BCUT2D eigenvalue weighted by molar-refractivity contribution is 5.49. The Kier molecular flexibility index (Phi) is 4.99. The molecule has 0 aromatic heterocycles. The number of nitrogens with zero attached hydrogens (tertiary/aromatic N) is 1. The van der Waals surface area contributed by atoms with Crippen LogP contribution in [0.5, 0.6) is 5.75 Å². The number of methoxy groups -OCH3 is 1. The van der Waals surface area contributed by atoms with Crippen LogP contribution in [-0.4, -0.2) is 45.5 Å². The zero-order chi connectivity index (χ0) is 14.5. The molecule has 2 atom stereocenters. The van der Waals surface area contributed by atoms with Crippen molar-refractivity contribution in [1.29, 1.82) is 0 Å². The zero-order valence-electron chi connectivity index (χ0n) is 12.9. The van der Waals surface area contributed by atoms with E-state index in [9.17, 15) is 0 Å². The van der Waals surface area contributed by atoms with E-state index < -0.39 is 0 Å². The van der Waals surface area contributed by atoms with Crippen molar-refractivity contribution in [2.45, 2.75) is 37.9 Å². The summed E-state index contributed by atoms with van der Waals surface area (Å²) in [5.74, 6) is 0.982. The van der Waals surface area contributed by atoms with E-state index in [1.54, 1.807) is 7.11 Å². The second-order valence-corrected chi connectivity index (χ2v) is 6.00. The van der Waals surface area contributed by atoms with Crippen molar-refractivity contribution in [3.05, 3.63) is 24.3 Å². The summed E-state index contributed by atoms with van der Waals surface area (Å²) < 4.78 is 11.6.